The van der Waals surface area contributed by atoms with Gasteiger partial charge in [-0.3, -0.25) is 4.79 Å². The Labute approximate surface area is 105 Å². The van der Waals surface area contributed by atoms with Gasteiger partial charge in [0.2, 0.25) is 0 Å². The number of nitrogens with zero attached hydrogens (tertiary/aromatic N) is 1. The van der Waals surface area contributed by atoms with Crippen LogP contribution in [0.1, 0.15) is 16.9 Å². The summed E-state index contributed by atoms with van der Waals surface area (Å²) in [7, 11) is 0. The molecule has 2 aromatic rings. The number of likely N-dealkylation sites (tertiary alicyclic amines) is 1. The van der Waals surface area contributed by atoms with Gasteiger partial charge in [0, 0.05) is 36.1 Å². The smallest absolute Gasteiger partial charge is 0.270 e. The van der Waals surface area contributed by atoms with Crippen LogP contribution in [0.25, 0.3) is 10.9 Å². The molecule has 0 aliphatic carbocycles. The number of piperazine rings is 1. The number of hydrogen-bond acceptors (Lipinski definition) is 2. The Morgan fingerprint density at radius 1 is 1.33 bits per heavy atom. The molecule has 2 bridgehead atoms. The fourth-order valence-electron chi connectivity index (χ4n) is 3.15. The average molecular weight is 241 g/mol. The summed E-state index contributed by atoms with van der Waals surface area (Å²) < 4.78 is 0. The highest BCUT2D eigenvalue weighted by molar-refractivity contribution is 5.98. The number of aromatic nitrogens is 1. The fourth-order valence-corrected chi connectivity index (χ4v) is 3.15. The zero-order chi connectivity index (χ0) is 12.1. The van der Waals surface area contributed by atoms with E-state index in [0.29, 0.717) is 17.8 Å². The van der Waals surface area contributed by atoms with Crippen LogP contribution in [0.2, 0.25) is 0 Å². The lowest BCUT2D eigenvalue weighted by molar-refractivity contribution is 0.0711. The van der Waals surface area contributed by atoms with Gasteiger partial charge in [-0.05, 0) is 18.6 Å². The highest BCUT2D eigenvalue weighted by atomic mass is 16.2. The van der Waals surface area contributed by atoms with E-state index in [9.17, 15) is 4.79 Å². The van der Waals surface area contributed by atoms with E-state index in [1.165, 1.54) is 0 Å². The molecule has 4 heteroatoms. The molecule has 18 heavy (non-hydrogen) atoms. The number of amides is 1. The maximum atomic E-state index is 12.5. The number of benzene rings is 1. The summed E-state index contributed by atoms with van der Waals surface area (Å²) in [5.74, 6) is 0.139. The van der Waals surface area contributed by atoms with Crippen molar-refractivity contribution in [2.24, 2.45) is 0 Å². The van der Waals surface area contributed by atoms with Crippen molar-refractivity contribution < 1.29 is 4.79 Å². The van der Waals surface area contributed by atoms with Crippen molar-refractivity contribution in [3.8, 4) is 0 Å². The summed E-state index contributed by atoms with van der Waals surface area (Å²) in [6, 6.07) is 10.8. The molecule has 2 fully saturated rings. The van der Waals surface area contributed by atoms with Crippen LogP contribution < -0.4 is 5.32 Å². The Bertz CT molecular complexity index is 585. The molecule has 1 aromatic heterocycles. The summed E-state index contributed by atoms with van der Waals surface area (Å²) in [6.07, 6.45) is 1.10. The first-order valence-corrected chi connectivity index (χ1v) is 6.43. The average Bonchev–Trinajstić information content (AvgIpc) is 3.11. The van der Waals surface area contributed by atoms with Gasteiger partial charge in [-0.15, -0.1) is 0 Å². The number of para-hydroxylation sites is 1. The number of carbonyl (C=O) groups excluding carboxylic acids is 1. The first-order chi connectivity index (χ1) is 8.81. The molecule has 3 heterocycles. The van der Waals surface area contributed by atoms with Crippen molar-refractivity contribution in [3.05, 3.63) is 36.0 Å². The van der Waals surface area contributed by atoms with Crippen molar-refractivity contribution in [3.63, 3.8) is 0 Å². The van der Waals surface area contributed by atoms with E-state index in [1.54, 1.807) is 0 Å². The number of carbonyl (C=O) groups is 1. The third-order valence-corrected chi connectivity index (χ3v) is 4.08. The van der Waals surface area contributed by atoms with Gasteiger partial charge in [0.25, 0.3) is 5.91 Å². The lowest BCUT2D eigenvalue weighted by atomic mass is 10.2. The minimum atomic E-state index is 0.139. The van der Waals surface area contributed by atoms with E-state index in [2.05, 4.69) is 10.3 Å². The maximum Gasteiger partial charge on any atom is 0.270 e. The number of aromatic amines is 1. The van der Waals surface area contributed by atoms with Gasteiger partial charge >= 0.3 is 0 Å². The van der Waals surface area contributed by atoms with Crippen LogP contribution in [0.4, 0.5) is 0 Å². The molecule has 0 radical (unpaired) electrons. The van der Waals surface area contributed by atoms with Crippen molar-refractivity contribution in [2.75, 3.05) is 13.1 Å². The molecule has 2 aliphatic heterocycles. The van der Waals surface area contributed by atoms with Crippen LogP contribution >= 0.6 is 0 Å². The van der Waals surface area contributed by atoms with Crippen molar-refractivity contribution in [2.45, 2.75) is 18.5 Å². The molecule has 0 spiro atoms. The lowest BCUT2D eigenvalue weighted by Crippen LogP contribution is -2.46. The molecule has 2 N–H and O–H groups in total. The summed E-state index contributed by atoms with van der Waals surface area (Å²) in [6.45, 7) is 1.79. The van der Waals surface area contributed by atoms with Crippen LogP contribution in [-0.4, -0.2) is 41.0 Å². The molecule has 2 atom stereocenters. The standard InChI is InChI=1S/C14H15N3O/c18-14(17-8-10-6-11(17)7-15-10)13-5-9-3-1-2-4-12(9)16-13/h1-5,10-11,15-16H,6-8H2. The quantitative estimate of drug-likeness (QED) is 0.792. The molecule has 2 unspecified atom stereocenters. The van der Waals surface area contributed by atoms with Gasteiger partial charge in [0.1, 0.15) is 5.69 Å². The number of rotatable bonds is 1. The predicted molar refractivity (Wildman–Crippen MR) is 69.5 cm³/mol. The van der Waals surface area contributed by atoms with Crippen LogP contribution in [-0.2, 0) is 0 Å². The topological polar surface area (TPSA) is 48.1 Å². The van der Waals surface area contributed by atoms with Crippen LogP contribution in [0, 0.1) is 0 Å². The van der Waals surface area contributed by atoms with E-state index in [0.717, 1.165) is 30.4 Å². The molecule has 4 nitrogen and oxygen atoms in total. The molecule has 1 amide bonds. The van der Waals surface area contributed by atoms with Crippen LogP contribution in [0.5, 0.6) is 0 Å². The number of nitrogens with one attached hydrogen (secondary N) is 2. The van der Waals surface area contributed by atoms with Crippen molar-refractivity contribution >= 4 is 16.8 Å². The Morgan fingerprint density at radius 2 is 2.22 bits per heavy atom. The van der Waals surface area contributed by atoms with E-state index >= 15 is 0 Å². The summed E-state index contributed by atoms with van der Waals surface area (Å²) in [5, 5.41) is 4.52. The second kappa shape index (κ2) is 3.59. The fraction of sp³-hybridized carbons (Fsp3) is 0.357. The first-order valence-electron chi connectivity index (χ1n) is 6.43. The SMILES string of the molecule is O=C(c1cc2ccccc2[nH]1)N1CC2CC1CN2. The maximum absolute atomic E-state index is 12.5. The molecular formula is C14H15N3O. The summed E-state index contributed by atoms with van der Waals surface area (Å²) in [4.78, 5) is 17.7. The Hall–Kier alpha value is -1.81. The third kappa shape index (κ3) is 1.39. The minimum Gasteiger partial charge on any atom is -0.351 e. The summed E-state index contributed by atoms with van der Waals surface area (Å²) in [5.41, 5.74) is 1.74. The Balaban J connectivity index is 1.68. The lowest BCUT2D eigenvalue weighted by Gasteiger charge is -2.26. The first kappa shape index (κ1) is 10.1. The summed E-state index contributed by atoms with van der Waals surface area (Å²) >= 11 is 0. The Kier molecular flexibility index (Phi) is 2.02. The second-order valence-corrected chi connectivity index (χ2v) is 5.22. The normalized spacial score (nSPS) is 26.1. The van der Waals surface area contributed by atoms with E-state index in [-0.39, 0.29) is 5.91 Å². The van der Waals surface area contributed by atoms with Crippen molar-refractivity contribution in [1.82, 2.24) is 15.2 Å². The van der Waals surface area contributed by atoms with Gasteiger partial charge in [-0.25, -0.2) is 0 Å². The molecule has 2 aliphatic rings. The molecule has 0 saturated carbocycles. The minimum absolute atomic E-state index is 0.139. The van der Waals surface area contributed by atoms with E-state index in [1.807, 2.05) is 35.2 Å². The van der Waals surface area contributed by atoms with Gasteiger partial charge in [-0.2, -0.15) is 0 Å². The molecule has 92 valence electrons. The van der Waals surface area contributed by atoms with Crippen LogP contribution in [0.3, 0.4) is 0 Å². The van der Waals surface area contributed by atoms with E-state index < -0.39 is 0 Å². The number of hydrogen-bond donors (Lipinski definition) is 2. The highest BCUT2D eigenvalue weighted by Crippen LogP contribution is 2.25. The second-order valence-electron chi connectivity index (χ2n) is 5.22. The van der Waals surface area contributed by atoms with Crippen molar-refractivity contribution in [1.29, 1.82) is 0 Å². The highest BCUT2D eigenvalue weighted by Gasteiger charge is 2.40. The third-order valence-electron chi connectivity index (χ3n) is 4.08. The van der Waals surface area contributed by atoms with Crippen LogP contribution in [0.15, 0.2) is 30.3 Å². The zero-order valence-corrected chi connectivity index (χ0v) is 10.0. The largest absolute Gasteiger partial charge is 0.351 e. The molecule has 2 saturated heterocycles. The monoisotopic (exact) mass is 241 g/mol. The number of fused-ring (bicyclic) bond motifs is 3. The Morgan fingerprint density at radius 3 is 2.94 bits per heavy atom. The van der Waals surface area contributed by atoms with Gasteiger partial charge < -0.3 is 15.2 Å². The van der Waals surface area contributed by atoms with Gasteiger partial charge in [0.05, 0.1) is 0 Å². The predicted octanol–water partition coefficient (Wildman–Crippen LogP) is 1.35. The molecule has 4 rings (SSSR count). The number of H-pyrrole nitrogens is 1. The van der Waals surface area contributed by atoms with Gasteiger partial charge in [0.15, 0.2) is 0 Å². The van der Waals surface area contributed by atoms with Gasteiger partial charge in [-0.1, -0.05) is 18.2 Å². The molecular weight excluding hydrogens is 226 g/mol. The molecule has 1 aromatic carbocycles. The zero-order valence-electron chi connectivity index (χ0n) is 10.0. The van der Waals surface area contributed by atoms with E-state index in [4.69, 9.17) is 0 Å².